The maximum atomic E-state index is 5.41. The third kappa shape index (κ3) is 2.34. The number of nitrogens with one attached hydrogen (secondary N) is 1. The van der Waals surface area contributed by atoms with Crippen molar-refractivity contribution in [3.8, 4) is 17.0 Å². The molecular formula is C24H18N2O. The lowest BCUT2D eigenvalue weighted by molar-refractivity contribution is 0.415. The highest BCUT2D eigenvalue weighted by molar-refractivity contribution is 6.13. The van der Waals surface area contributed by atoms with Crippen LogP contribution in [0.5, 0.6) is 5.75 Å². The molecule has 0 unspecified atom stereocenters. The maximum Gasteiger partial charge on any atom is 0.119 e. The van der Waals surface area contributed by atoms with Gasteiger partial charge in [-0.2, -0.15) is 0 Å². The van der Waals surface area contributed by atoms with Gasteiger partial charge in [0.25, 0.3) is 0 Å². The van der Waals surface area contributed by atoms with Crippen LogP contribution in [-0.2, 0) is 6.42 Å². The van der Waals surface area contributed by atoms with E-state index in [0.29, 0.717) is 0 Å². The fraction of sp³-hybridized carbons (Fsp3) is 0.125. The van der Waals surface area contributed by atoms with Gasteiger partial charge in [0.1, 0.15) is 5.75 Å². The predicted octanol–water partition coefficient (Wildman–Crippen LogP) is 5.71. The molecule has 1 N–H and O–H groups in total. The Morgan fingerprint density at radius 2 is 1.89 bits per heavy atom. The molecule has 2 heterocycles. The molecule has 2 aromatic heterocycles. The molecular weight excluding hydrogens is 332 g/mol. The van der Waals surface area contributed by atoms with Crippen LogP contribution >= 0.6 is 0 Å². The molecule has 3 nitrogen and oxygen atoms in total. The van der Waals surface area contributed by atoms with Gasteiger partial charge in [0.2, 0.25) is 0 Å². The summed E-state index contributed by atoms with van der Waals surface area (Å²) >= 11 is 0. The second kappa shape index (κ2) is 6.03. The molecule has 0 fully saturated rings. The van der Waals surface area contributed by atoms with Crippen molar-refractivity contribution in [1.82, 2.24) is 9.97 Å². The standard InChI is InChI=1S/C24H18N2O/c1-3-15-8-9-16-6-4-5-7-18(16)22(15)24-23-19(12-13-25-24)20-14-17(27-2)10-11-21(20)26-23/h4-7,10-14,26H,3H2,1-2H3. The molecule has 0 saturated heterocycles. The molecule has 0 aliphatic heterocycles. The number of nitrogens with zero attached hydrogens (tertiary/aromatic N) is 1. The normalized spacial score (nSPS) is 11.2. The number of pyridine rings is 1. The number of aromatic amines is 1. The lowest BCUT2D eigenvalue weighted by Crippen LogP contribution is -1.92. The third-order valence-electron chi connectivity index (χ3n) is 5.16. The van der Waals surface area contributed by atoms with Gasteiger partial charge in [-0.3, -0.25) is 4.98 Å². The molecule has 3 aromatic carbocycles. The molecule has 3 heteroatoms. The Balaban J connectivity index is 1.90. The number of hydrogen-bond acceptors (Lipinski definition) is 2. The quantitative estimate of drug-likeness (QED) is 0.453. The van der Waals surface area contributed by atoms with Gasteiger partial charge in [-0.15, -0.1) is 0 Å². The van der Waals surface area contributed by atoms with E-state index >= 15 is 0 Å². The summed E-state index contributed by atoms with van der Waals surface area (Å²) < 4.78 is 5.41. The van der Waals surface area contributed by atoms with E-state index in [9.17, 15) is 0 Å². The number of fused-ring (bicyclic) bond motifs is 4. The van der Waals surface area contributed by atoms with E-state index in [-0.39, 0.29) is 0 Å². The topological polar surface area (TPSA) is 37.9 Å². The fourth-order valence-corrected chi connectivity index (χ4v) is 3.83. The summed E-state index contributed by atoms with van der Waals surface area (Å²) in [5, 5.41) is 4.50. The van der Waals surface area contributed by atoms with Crippen LogP contribution in [0, 0.1) is 12.1 Å². The number of hydrogen-bond donors (Lipinski definition) is 1. The summed E-state index contributed by atoms with van der Waals surface area (Å²) in [4.78, 5) is 8.35. The second-order valence-corrected chi connectivity index (χ2v) is 6.62. The van der Waals surface area contributed by atoms with Crippen molar-refractivity contribution in [3.63, 3.8) is 0 Å². The minimum absolute atomic E-state index is 0.851. The molecule has 0 aliphatic rings. The maximum absolute atomic E-state index is 5.41. The van der Waals surface area contributed by atoms with Gasteiger partial charge in [-0.25, -0.2) is 0 Å². The first-order valence-electron chi connectivity index (χ1n) is 9.09. The van der Waals surface area contributed by atoms with Crippen LogP contribution in [0.1, 0.15) is 12.5 Å². The number of H-pyrrole nitrogens is 1. The van der Waals surface area contributed by atoms with Crippen LogP contribution in [0.3, 0.4) is 0 Å². The average molecular weight is 350 g/mol. The monoisotopic (exact) mass is 350 g/mol. The van der Waals surface area contributed by atoms with Crippen LogP contribution in [0.15, 0.2) is 54.7 Å². The van der Waals surface area contributed by atoms with E-state index < -0.39 is 0 Å². The van der Waals surface area contributed by atoms with Gasteiger partial charge in [-0.1, -0.05) is 37.3 Å². The minimum atomic E-state index is 0.851. The van der Waals surface area contributed by atoms with E-state index in [2.05, 4.69) is 60.4 Å². The lowest BCUT2D eigenvalue weighted by atomic mass is 9.96. The summed E-state index contributed by atoms with van der Waals surface area (Å²) in [5.41, 5.74) is 5.34. The first-order valence-corrected chi connectivity index (χ1v) is 9.09. The molecule has 5 aromatic rings. The zero-order valence-electron chi connectivity index (χ0n) is 15.3. The van der Waals surface area contributed by atoms with Crippen molar-refractivity contribution >= 4 is 32.6 Å². The van der Waals surface area contributed by atoms with Crippen LogP contribution in [0.2, 0.25) is 0 Å². The highest BCUT2D eigenvalue weighted by atomic mass is 16.5. The van der Waals surface area contributed by atoms with Crippen molar-refractivity contribution in [2.45, 2.75) is 13.3 Å². The van der Waals surface area contributed by atoms with Gasteiger partial charge >= 0.3 is 0 Å². The highest BCUT2D eigenvalue weighted by Crippen LogP contribution is 2.37. The fourth-order valence-electron chi connectivity index (χ4n) is 3.83. The van der Waals surface area contributed by atoms with Crippen LogP contribution in [-0.4, -0.2) is 17.1 Å². The predicted molar refractivity (Wildman–Crippen MR) is 110 cm³/mol. The Labute approximate surface area is 157 Å². The van der Waals surface area contributed by atoms with E-state index in [1.807, 2.05) is 18.3 Å². The molecule has 5 rings (SSSR count). The molecule has 0 amide bonds. The average Bonchev–Trinajstić information content (AvgIpc) is 3.11. The Morgan fingerprint density at radius 3 is 2.74 bits per heavy atom. The van der Waals surface area contributed by atoms with Crippen molar-refractivity contribution in [2.75, 3.05) is 7.11 Å². The van der Waals surface area contributed by atoms with Crippen LogP contribution < -0.4 is 4.74 Å². The number of rotatable bonds is 3. The number of aromatic nitrogens is 2. The van der Waals surface area contributed by atoms with E-state index in [1.165, 1.54) is 0 Å². The Morgan fingerprint density at radius 1 is 1.00 bits per heavy atom. The molecule has 27 heavy (non-hydrogen) atoms. The van der Waals surface area contributed by atoms with Crippen LogP contribution in [0.25, 0.3) is 43.8 Å². The molecule has 0 saturated carbocycles. The summed E-state index contributed by atoms with van der Waals surface area (Å²) in [6.45, 7) is 2.15. The van der Waals surface area contributed by atoms with Gasteiger partial charge in [-0.05, 0) is 36.8 Å². The van der Waals surface area contributed by atoms with Crippen molar-refractivity contribution in [1.29, 1.82) is 0 Å². The number of methoxy groups -OCH3 is 1. The Kier molecular flexibility index (Phi) is 3.51. The van der Waals surface area contributed by atoms with E-state index in [1.54, 1.807) is 7.11 Å². The van der Waals surface area contributed by atoms with Crippen molar-refractivity contribution in [3.05, 3.63) is 72.4 Å². The number of benzene rings is 2. The third-order valence-corrected chi connectivity index (χ3v) is 5.16. The molecule has 130 valence electrons. The zero-order valence-corrected chi connectivity index (χ0v) is 15.3. The smallest absolute Gasteiger partial charge is 0.119 e. The molecule has 0 radical (unpaired) electrons. The lowest BCUT2D eigenvalue weighted by Gasteiger charge is -2.10. The molecule has 0 aliphatic carbocycles. The molecule has 0 bridgehead atoms. The van der Waals surface area contributed by atoms with Crippen LogP contribution in [0.4, 0.5) is 0 Å². The van der Waals surface area contributed by atoms with Gasteiger partial charge in [0.15, 0.2) is 0 Å². The highest BCUT2D eigenvalue weighted by Gasteiger charge is 2.16. The van der Waals surface area contributed by atoms with Gasteiger partial charge in [0.05, 0.1) is 18.3 Å². The Hall–Kier alpha value is -3.51. The van der Waals surface area contributed by atoms with Crippen molar-refractivity contribution in [2.24, 2.45) is 0 Å². The largest absolute Gasteiger partial charge is 0.497 e. The van der Waals surface area contributed by atoms with Gasteiger partial charge < -0.3 is 9.72 Å². The minimum Gasteiger partial charge on any atom is -0.497 e. The Bertz CT molecular complexity index is 1300. The molecule has 0 spiro atoms. The second-order valence-electron chi connectivity index (χ2n) is 6.62. The SMILES string of the molecule is CCc1c#cc2ccccc2c1-c1nccc2c1[nH]c1ccc(OC)cc12. The summed E-state index contributed by atoms with van der Waals surface area (Å²) in [5.74, 6) is 0.851. The van der Waals surface area contributed by atoms with Gasteiger partial charge in [0, 0.05) is 44.4 Å². The molecule has 0 atom stereocenters. The zero-order chi connectivity index (χ0) is 18.4. The first-order chi connectivity index (χ1) is 13.3. The van der Waals surface area contributed by atoms with E-state index in [0.717, 1.165) is 61.6 Å². The number of ether oxygens (including phenoxy) is 1. The summed E-state index contributed by atoms with van der Waals surface area (Å²) in [6, 6.07) is 23.1. The van der Waals surface area contributed by atoms with E-state index in [4.69, 9.17) is 9.72 Å². The summed E-state index contributed by atoms with van der Waals surface area (Å²) in [6.07, 6.45) is 2.76. The first kappa shape index (κ1) is 15.7. The van der Waals surface area contributed by atoms with Crippen molar-refractivity contribution < 1.29 is 4.74 Å². The summed E-state index contributed by atoms with van der Waals surface area (Å²) in [7, 11) is 1.69.